The number of nitrogens with zero attached hydrogens (tertiary/aromatic N) is 3. The third-order valence-corrected chi connectivity index (χ3v) is 3.97. The molecule has 0 bridgehead atoms. The van der Waals surface area contributed by atoms with Gasteiger partial charge in [0.25, 0.3) is 0 Å². The molecule has 3 heterocycles. The summed E-state index contributed by atoms with van der Waals surface area (Å²) in [5, 5.41) is 20.9. The summed E-state index contributed by atoms with van der Waals surface area (Å²) in [6.45, 7) is 2.97. The van der Waals surface area contributed by atoms with Crippen LogP contribution in [0.15, 0.2) is 0 Å². The van der Waals surface area contributed by atoms with Gasteiger partial charge in [0.1, 0.15) is 17.6 Å². The highest BCUT2D eigenvalue weighted by atomic mass is 16.4. The van der Waals surface area contributed by atoms with E-state index in [4.69, 9.17) is 0 Å². The lowest BCUT2D eigenvalue weighted by atomic mass is 9.98. The van der Waals surface area contributed by atoms with E-state index in [1.807, 2.05) is 4.57 Å². The normalized spacial score (nSPS) is 27.1. The first-order chi connectivity index (χ1) is 8.75. The molecule has 0 aliphatic carbocycles. The predicted molar refractivity (Wildman–Crippen MR) is 64.3 cm³/mol. The van der Waals surface area contributed by atoms with E-state index in [0.717, 1.165) is 38.3 Å². The zero-order valence-electron chi connectivity index (χ0n) is 10.3. The summed E-state index contributed by atoms with van der Waals surface area (Å²) < 4.78 is 2.03. The van der Waals surface area contributed by atoms with E-state index in [9.17, 15) is 9.90 Å². The van der Waals surface area contributed by atoms with Gasteiger partial charge in [-0.3, -0.25) is 4.79 Å². The van der Waals surface area contributed by atoms with Crippen molar-refractivity contribution in [1.29, 1.82) is 0 Å². The molecule has 6 heteroatoms. The lowest BCUT2D eigenvalue weighted by molar-refractivity contribution is -0.139. The first-order valence-corrected chi connectivity index (χ1v) is 6.61. The van der Waals surface area contributed by atoms with Crippen LogP contribution >= 0.6 is 0 Å². The van der Waals surface area contributed by atoms with Crippen LogP contribution in [0.5, 0.6) is 0 Å². The average Bonchev–Trinajstić information content (AvgIpc) is 2.99. The van der Waals surface area contributed by atoms with Crippen LogP contribution in [0.1, 0.15) is 36.8 Å². The number of nitrogens with one attached hydrogen (secondary N) is 1. The van der Waals surface area contributed by atoms with Crippen LogP contribution in [0.4, 0.5) is 0 Å². The topological polar surface area (TPSA) is 80.0 Å². The summed E-state index contributed by atoms with van der Waals surface area (Å²) in [6, 6.07) is 0. The first kappa shape index (κ1) is 11.6. The van der Waals surface area contributed by atoms with E-state index < -0.39 is 11.9 Å². The highest BCUT2D eigenvalue weighted by molar-refractivity contribution is 5.75. The van der Waals surface area contributed by atoms with Gasteiger partial charge < -0.3 is 15.0 Å². The molecular weight excluding hydrogens is 232 g/mol. The van der Waals surface area contributed by atoms with Crippen LogP contribution in [-0.4, -0.2) is 38.9 Å². The quantitative estimate of drug-likeness (QED) is 0.811. The van der Waals surface area contributed by atoms with Crippen molar-refractivity contribution < 1.29 is 9.90 Å². The van der Waals surface area contributed by atoms with Crippen molar-refractivity contribution in [2.24, 2.45) is 5.92 Å². The van der Waals surface area contributed by atoms with Gasteiger partial charge in [-0.05, 0) is 38.3 Å². The van der Waals surface area contributed by atoms with E-state index in [0.29, 0.717) is 18.2 Å². The van der Waals surface area contributed by atoms with Crippen molar-refractivity contribution >= 4 is 5.97 Å². The number of hydrogen-bond acceptors (Lipinski definition) is 4. The SMILES string of the molecule is O=C(O)C1CCCn2c(CC3CCNC3)nnc21. The molecule has 0 saturated carbocycles. The molecule has 1 saturated heterocycles. The van der Waals surface area contributed by atoms with Crippen molar-refractivity contribution in [2.75, 3.05) is 13.1 Å². The van der Waals surface area contributed by atoms with E-state index in [1.165, 1.54) is 6.42 Å². The van der Waals surface area contributed by atoms with Crippen LogP contribution < -0.4 is 5.32 Å². The Kier molecular flexibility index (Phi) is 3.03. The Bertz CT molecular complexity index is 451. The van der Waals surface area contributed by atoms with Gasteiger partial charge in [0, 0.05) is 13.0 Å². The van der Waals surface area contributed by atoms with Gasteiger partial charge in [-0.15, -0.1) is 10.2 Å². The van der Waals surface area contributed by atoms with Crippen LogP contribution in [0.3, 0.4) is 0 Å². The number of carbonyl (C=O) groups is 1. The van der Waals surface area contributed by atoms with Crippen molar-refractivity contribution in [3.05, 3.63) is 11.6 Å². The standard InChI is InChI=1S/C12H18N4O2/c17-12(18)9-2-1-5-16-10(14-15-11(9)16)6-8-3-4-13-7-8/h8-9,13H,1-7H2,(H,17,18). The van der Waals surface area contributed by atoms with Crippen molar-refractivity contribution in [3.63, 3.8) is 0 Å². The number of aliphatic carboxylic acids is 1. The van der Waals surface area contributed by atoms with E-state index >= 15 is 0 Å². The molecule has 0 spiro atoms. The maximum Gasteiger partial charge on any atom is 0.314 e. The second-order valence-electron chi connectivity index (χ2n) is 5.22. The van der Waals surface area contributed by atoms with E-state index in [1.54, 1.807) is 0 Å². The minimum atomic E-state index is -0.780. The Balaban J connectivity index is 1.82. The Labute approximate surface area is 105 Å². The minimum Gasteiger partial charge on any atom is -0.481 e. The molecule has 2 N–H and O–H groups in total. The van der Waals surface area contributed by atoms with Crippen LogP contribution in [0, 0.1) is 5.92 Å². The Morgan fingerprint density at radius 3 is 3.06 bits per heavy atom. The molecule has 98 valence electrons. The Hall–Kier alpha value is -1.43. The number of carboxylic acids is 1. The second-order valence-corrected chi connectivity index (χ2v) is 5.22. The zero-order valence-corrected chi connectivity index (χ0v) is 10.3. The third kappa shape index (κ3) is 2.01. The summed E-state index contributed by atoms with van der Waals surface area (Å²) >= 11 is 0. The fourth-order valence-electron chi connectivity index (χ4n) is 2.96. The molecular formula is C12H18N4O2. The second kappa shape index (κ2) is 4.68. The molecule has 1 aromatic rings. The highest BCUT2D eigenvalue weighted by Gasteiger charge is 2.31. The van der Waals surface area contributed by atoms with E-state index in [-0.39, 0.29) is 0 Å². The fraction of sp³-hybridized carbons (Fsp3) is 0.750. The average molecular weight is 250 g/mol. The van der Waals surface area contributed by atoms with Crippen molar-refractivity contribution in [2.45, 2.75) is 38.1 Å². The van der Waals surface area contributed by atoms with Crippen LogP contribution in [0.2, 0.25) is 0 Å². The van der Waals surface area contributed by atoms with Gasteiger partial charge in [0.15, 0.2) is 0 Å². The molecule has 6 nitrogen and oxygen atoms in total. The lowest BCUT2D eigenvalue weighted by Crippen LogP contribution is -2.24. The summed E-state index contributed by atoms with van der Waals surface area (Å²) in [4.78, 5) is 11.2. The van der Waals surface area contributed by atoms with Gasteiger partial charge in [-0.1, -0.05) is 0 Å². The first-order valence-electron chi connectivity index (χ1n) is 6.61. The summed E-state index contributed by atoms with van der Waals surface area (Å²) in [5.41, 5.74) is 0. The zero-order chi connectivity index (χ0) is 12.5. The van der Waals surface area contributed by atoms with E-state index in [2.05, 4.69) is 15.5 Å². The Morgan fingerprint density at radius 2 is 2.33 bits per heavy atom. The molecule has 3 rings (SSSR count). The maximum absolute atomic E-state index is 11.2. The highest BCUT2D eigenvalue weighted by Crippen LogP contribution is 2.27. The van der Waals surface area contributed by atoms with Gasteiger partial charge in [-0.2, -0.15) is 0 Å². The lowest BCUT2D eigenvalue weighted by Gasteiger charge is -2.21. The summed E-state index contributed by atoms with van der Waals surface area (Å²) in [7, 11) is 0. The van der Waals surface area contributed by atoms with Gasteiger partial charge in [-0.25, -0.2) is 0 Å². The third-order valence-electron chi connectivity index (χ3n) is 3.97. The van der Waals surface area contributed by atoms with Gasteiger partial charge >= 0.3 is 5.97 Å². The molecule has 18 heavy (non-hydrogen) atoms. The fourth-order valence-corrected chi connectivity index (χ4v) is 2.96. The molecule has 1 aromatic heterocycles. The largest absolute Gasteiger partial charge is 0.481 e. The molecule has 2 atom stereocenters. The molecule has 1 fully saturated rings. The van der Waals surface area contributed by atoms with Gasteiger partial charge in [0.05, 0.1) is 0 Å². The molecule has 0 amide bonds. The number of fused-ring (bicyclic) bond motifs is 1. The maximum atomic E-state index is 11.2. The minimum absolute atomic E-state index is 0.471. The van der Waals surface area contributed by atoms with Crippen molar-refractivity contribution in [1.82, 2.24) is 20.1 Å². The number of aromatic nitrogens is 3. The molecule has 2 unspecified atom stereocenters. The summed E-state index contributed by atoms with van der Waals surface area (Å²) in [6.07, 6.45) is 3.66. The number of hydrogen-bond donors (Lipinski definition) is 2. The molecule has 2 aliphatic rings. The molecule has 0 radical (unpaired) electrons. The van der Waals surface area contributed by atoms with Crippen molar-refractivity contribution in [3.8, 4) is 0 Å². The number of rotatable bonds is 3. The molecule has 0 aromatic carbocycles. The number of carboxylic acid groups (broad SMARTS) is 1. The smallest absolute Gasteiger partial charge is 0.314 e. The van der Waals surface area contributed by atoms with Crippen LogP contribution in [0.25, 0.3) is 0 Å². The van der Waals surface area contributed by atoms with Crippen LogP contribution in [-0.2, 0) is 17.8 Å². The predicted octanol–water partition coefficient (Wildman–Crippen LogP) is 0.392. The molecule has 2 aliphatic heterocycles. The van der Waals surface area contributed by atoms with Gasteiger partial charge in [0.2, 0.25) is 0 Å². The Morgan fingerprint density at radius 1 is 1.44 bits per heavy atom. The summed E-state index contributed by atoms with van der Waals surface area (Å²) in [5.74, 6) is 0.974. The monoisotopic (exact) mass is 250 g/mol.